The summed E-state index contributed by atoms with van der Waals surface area (Å²) < 4.78 is 0. The van der Waals surface area contributed by atoms with Gasteiger partial charge in [0.25, 0.3) is 0 Å². The molecule has 0 heterocycles. The number of aliphatic hydroxyl groups excluding tert-OH is 1. The lowest BCUT2D eigenvalue weighted by molar-refractivity contribution is -0.123. The lowest BCUT2D eigenvalue weighted by Crippen LogP contribution is -2.39. The van der Waals surface area contributed by atoms with Crippen LogP contribution in [0.3, 0.4) is 0 Å². The summed E-state index contributed by atoms with van der Waals surface area (Å²) in [7, 11) is 0. The predicted octanol–water partition coefficient (Wildman–Crippen LogP) is 0.816. The molecular weight excluding hydrogens is 166 g/mol. The topological polar surface area (TPSA) is 49.3 Å². The van der Waals surface area contributed by atoms with Crippen molar-refractivity contribution in [2.75, 3.05) is 0 Å². The maximum absolute atomic E-state index is 11.4. The van der Waals surface area contributed by atoms with E-state index in [4.69, 9.17) is 0 Å². The van der Waals surface area contributed by atoms with Gasteiger partial charge >= 0.3 is 0 Å². The zero-order chi connectivity index (χ0) is 9.26. The Balaban J connectivity index is 1.72. The fourth-order valence-corrected chi connectivity index (χ4v) is 1.88. The Morgan fingerprint density at radius 1 is 1.08 bits per heavy atom. The first-order valence-electron chi connectivity index (χ1n) is 5.24. The lowest BCUT2D eigenvalue weighted by atomic mass is 9.93. The summed E-state index contributed by atoms with van der Waals surface area (Å²) in [6.07, 6.45) is 5.58. The molecule has 2 N–H and O–H groups in total. The monoisotopic (exact) mass is 183 g/mol. The van der Waals surface area contributed by atoms with Crippen LogP contribution in [0.5, 0.6) is 0 Å². The first-order chi connectivity index (χ1) is 6.25. The third-order valence-electron chi connectivity index (χ3n) is 2.99. The Bertz CT molecular complexity index is 193. The molecule has 0 aromatic carbocycles. The molecule has 0 atom stereocenters. The molecule has 13 heavy (non-hydrogen) atoms. The van der Waals surface area contributed by atoms with Crippen molar-refractivity contribution in [3.05, 3.63) is 0 Å². The molecule has 2 aliphatic carbocycles. The average molecular weight is 183 g/mol. The molecule has 0 spiro atoms. The molecule has 3 nitrogen and oxygen atoms in total. The molecule has 0 aliphatic heterocycles. The summed E-state index contributed by atoms with van der Waals surface area (Å²) in [6.45, 7) is 0. The van der Waals surface area contributed by atoms with Crippen molar-refractivity contribution in [3.63, 3.8) is 0 Å². The number of hydrogen-bond acceptors (Lipinski definition) is 2. The lowest BCUT2D eigenvalue weighted by Gasteiger charge is -2.26. The van der Waals surface area contributed by atoms with Crippen molar-refractivity contribution in [3.8, 4) is 0 Å². The Kier molecular flexibility index (Phi) is 2.54. The van der Waals surface area contributed by atoms with Gasteiger partial charge in [0.15, 0.2) is 0 Å². The van der Waals surface area contributed by atoms with Gasteiger partial charge in [-0.25, -0.2) is 0 Å². The van der Waals surface area contributed by atoms with E-state index in [0.29, 0.717) is 12.0 Å². The normalized spacial score (nSPS) is 34.2. The van der Waals surface area contributed by atoms with Gasteiger partial charge < -0.3 is 10.4 Å². The highest BCUT2D eigenvalue weighted by molar-refractivity contribution is 5.81. The van der Waals surface area contributed by atoms with Crippen molar-refractivity contribution in [2.24, 2.45) is 5.92 Å². The second kappa shape index (κ2) is 3.66. The van der Waals surface area contributed by atoms with E-state index in [1.165, 1.54) is 0 Å². The van der Waals surface area contributed by atoms with Gasteiger partial charge in [-0.3, -0.25) is 4.79 Å². The summed E-state index contributed by atoms with van der Waals surface area (Å²) in [4.78, 5) is 11.4. The molecule has 2 fully saturated rings. The van der Waals surface area contributed by atoms with Crippen LogP contribution in [-0.2, 0) is 4.79 Å². The van der Waals surface area contributed by atoms with E-state index < -0.39 is 0 Å². The molecule has 2 saturated carbocycles. The number of aliphatic hydroxyl groups is 1. The second-order valence-electron chi connectivity index (χ2n) is 4.29. The van der Waals surface area contributed by atoms with Crippen molar-refractivity contribution >= 4 is 5.91 Å². The van der Waals surface area contributed by atoms with E-state index in [9.17, 15) is 9.90 Å². The molecular formula is C10H17NO2. The highest BCUT2D eigenvalue weighted by atomic mass is 16.3. The van der Waals surface area contributed by atoms with Crippen LogP contribution >= 0.6 is 0 Å². The molecule has 0 bridgehead atoms. The second-order valence-corrected chi connectivity index (χ2v) is 4.29. The number of hydrogen-bond donors (Lipinski definition) is 2. The zero-order valence-electron chi connectivity index (χ0n) is 7.83. The predicted molar refractivity (Wildman–Crippen MR) is 49.1 cm³/mol. The maximum atomic E-state index is 11.4. The summed E-state index contributed by atoms with van der Waals surface area (Å²) in [5, 5.41) is 12.3. The largest absolute Gasteiger partial charge is 0.393 e. The van der Waals surface area contributed by atoms with E-state index in [-0.39, 0.29) is 12.0 Å². The number of amides is 1. The Labute approximate surface area is 78.5 Å². The summed E-state index contributed by atoms with van der Waals surface area (Å²) in [6, 6.07) is 0.330. The third kappa shape index (κ3) is 2.44. The molecule has 2 rings (SSSR count). The molecule has 0 aromatic rings. The van der Waals surface area contributed by atoms with E-state index in [0.717, 1.165) is 38.5 Å². The van der Waals surface area contributed by atoms with Crippen LogP contribution in [0.15, 0.2) is 0 Å². The van der Waals surface area contributed by atoms with Gasteiger partial charge in [-0.05, 0) is 38.5 Å². The minimum Gasteiger partial charge on any atom is -0.393 e. The molecule has 0 unspecified atom stereocenters. The Morgan fingerprint density at radius 2 is 1.69 bits per heavy atom. The van der Waals surface area contributed by atoms with Crippen LogP contribution in [0.2, 0.25) is 0 Å². The van der Waals surface area contributed by atoms with Gasteiger partial charge in [0.05, 0.1) is 6.10 Å². The molecule has 0 saturated heterocycles. The van der Waals surface area contributed by atoms with Gasteiger partial charge in [0, 0.05) is 12.0 Å². The Hall–Kier alpha value is -0.570. The highest BCUT2D eigenvalue weighted by Crippen LogP contribution is 2.29. The summed E-state index contributed by atoms with van der Waals surface area (Å²) >= 11 is 0. The number of carbonyl (C=O) groups is 1. The average Bonchev–Trinajstić information content (AvgIpc) is 2.91. The number of carbonyl (C=O) groups excluding carboxylic acids is 1. The van der Waals surface area contributed by atoms with Crippen LogP contribution in [-0.4, -0.2) is 23.2 Å². The van der Waals surface area contributed by atoms with Crippen molar-refractivity contribution in [1.29, 1.82) is 0 Å². The molecule has 0 radical (unpaired) electrons. The van der Waals surface area contributed by atoms with Crippen LogP contribution in [0.25, 0.3) is 0 Å². The zero-order valence-corrected chi connectivity index (χ0v) is 7.83. The van der Waals surface area contributed by atoms with Crippen LogP contribution in [0, 0.1) is 5.92 Å². The van der Waals surface area contributed by atoms with E-state index in [1.54, 1.807) is 0 Å². The van der Waals surface area contributed by atoms with Gasteiger partial charge in [-0.1, -0.05) is 0 Å². The smallest absolute Gasteiger partial charge is 0.223 e. The third-order valence-corrected chi connectivity index (χ3v) is 2.99. The SMILES string of the molecule is O=C(N[C@H]1CC[C@H](O)CC1)C1CC1. The molecule has 74 valence electrons. The summed E-state index contributed by atoms with van der Waals surface area (Å²) in [5.41, 5.74) is 0. The maximum Gasteiger partial charge on any atom is 0.223 e. The first kappa shape index (κ1) is 9.00. The number of nitrogens with one attached hydrogen (secondary N) is 1. The number of rotatable bonds is 2. The summed E-state index contributed by atoms with van der Waals surface area (Å²) in [5.74, 6) is 0.549. The minimum atomic E-state index is -0.130. The van der Waals surface area contributed by atoms with Crippen molar-refractivity contribution in [1.82, 2.24) is 5.32 Å². The van der Waals surface area contributed by atoms with E-state index >= 15 is 0 Å². The van der Waals surface area contributed by atoms with Gasteiger partial charge in [0.2, 0.25) is 5.91 Å². The Morgan fingerprint density at radius 3 is 2.23 bits per heavy atom. The van der Waals surface area contributed by atoms with E-state index in [2.05, 4.69) is 5.32 Å². The standard InChI is InChI=1S/C10H17NO2/c12-9-5-3-8(4-6-9)11-10(13)7-1-2-7/h7-9,12H,1-6H2,(H,11,13)/t8-,9-. The molecule has 3 heteroatoms. The van der Waals surface area contributed by atoms with Crippen LogP contribution < -0.4 is 5.32 Å². The molecule has 0 aromatic heterocycles. The fraction of sp³-hybridized carbons (Fsp3) is 0.900. The van der Waals surface area contributed by atoms with Crippen LogP contribution in [0.1, 0.15) is 38.5 Å². The van der Waals surface area contributed by atoms with Gasteiger partial charge in [-0.15, -0.1) is 0 Å². The molecule has 1 amide bonds. The first-order valence-corrected chi connectivity index (χ1v) is 5.24. The fourth-order valence-electron chi connectivity index (χ4n) is 1.88. The van der Waals surface area contributed by atoms with Gasteiger partial charge in [-0.2, -0.15) is 0 Å². The van der Waals surface area contributed by atoms with E-state index in [1.807, 2.05) is 0 Å². The van der Waals surface area contributed by atoms with Crippen molar-refractivity contribution in [2.45, 2.75) is 50.7 Å². The molecule has 2 aliphatic rings. The van der Waals surface area contributed by atoms with Gasteiger partial charge in [0.1, 0.15) is 0 Å². The quantitative estimate of drug-likeness (QED) is 0.665. The van der Waals surface area contributed by atoms with Crippen molar-refractivity contribution < 1.29 is 9.90 Å². The van der Waals surface area contributed by atoms with Crippen LogP contribution in [0.4, 0.5) is 0 Å². The minimum absolute atomic E-state index is 0.130. The highest BCUT2D eigenvalue weighted by Gasteiger charge is 2.31.